The van der Waals surface area contributed by atoms with Crippen molar-refractivity contribution < 1.29 is 9.15 Å². The highest BCUT2D eigenvalue weighted by Gasteiger charge is 2.00. The lowest BCUT2D eigenvalue weighted by Gasteiger charge is -2.08. The molecule has 2 N–H and O–H groups in total. The van der Waals surface area contributed by atoms with E-state index in [-0.39, 0.29) is 6.01 Å². The maximum Gasteiger partial charge on any atom is 0.313 e. The van der Waals surface area contributed by atoms with Crippen molar-refractivity contribution in [3.8, 4) is 5.75 Å². The molecule has 0 saturated heterocycles. The topological polar surface area (TPSA) is 74.2 Å². The molecule has 5 heteroatoms. The van der Waals surface area contributed by atoms with Gasteiger partial charge in [-0.1, -0.05) is 41.5 Å². The first-order chi connectivity index (χ1) is 11.2. The molecule has 1 heterocycles. The molecule has 0 aliphatic carbocycles. The summed E-state index contributed by atoms with van der Waals surface area (Å²) in [5.74, 6) is 1.20. The third-order valence-electron chi connectivity index (χ3n) is 3.41. The van der Waals surface area contributed by atoms with Gasteiger partial charge in [0.25, 0.3) is 0 Å². The Bertz CT molecular complexity index is 807. The van der Waals surface area contributed by atoms with Gasteiger partial charge in [-0.25, -0.2) is 0 Å². The maximum atomic E-state index is 5.81. The van der Waals surface area contributed by atoms with E-state index >= 15 is 0 Å². The third-order valence-corrected chi connectivity index (χ3v) is 3.41. The van der Waals surface area contributed by atoms with Crippen LogP contribution in [0.2, 0.25) is 0 Å². The van der Waals surface area contributed by atoms with E-state index in [1.807, 2.05) is 42.5 Å². The highest BCUT2D eigenvalue weighted by molar-refractivity contribution is 5.66. The van der Waals surface area contributed by atoms with Crippen LogP contribution in [0.1, 0.15) is 22.6 Å². The number of hydrogen-bond donors (Lipinski definition) is 1. The molecule has 0 bridgehead atoms. The van der Waals surface area contributed by atoms with Gasteiger partial charge in [-0.3, -0.25) is 0 Å². The van der Waals surface area contributed by atoms with Crippen LogP contribution in [0.4, 0.5) is 6.01 Å². The summed E-state index contributed by atoms with van der Waals surface area (Å²) >= 11 is 0. The number of aryl methyl sites for hydroxylation is 1. The number of aromatic nitrogens is 2. The summed E-state index contributed by atoms with van der Waals surface area (Å²) in [6.45, 7) is 2.64. The van der Waals surface area contributed by atoms with Gasteiger partial charge in [0.1, 0.15) is 12.4 Å². The van der Waals surface area contributed by atoms with Gasteiger partial charge in [0.2, 0.25) is 5.89 Å². The molecule has 3 aromatic rings. The molecule has 0 atom stereocenters. The summed E-state index contributed by atoms with van der Waals surface area (Å²) in [5, 5.41) is 7.36. The van der Waals surface area contributed by atoms with Crippen LogP contribution in [0.25, 0.3) is 12.2 Å². The number of benzene rings is 2. The Hall–Kier alpha value is -3.08. The van der Waals surface area contributed by atoms with Crippen molar-refractivity contribution in [2.45, 2.75) is 13.5 Å². The van der Waals surface area contributed by atoms with E-state index in [1.54, 1.807) is 6.08 Å². The second-order valence-corrected chi connectivity index (χ2v) is 5.10. The van der Waals surface area contributed by atoms with Crippen molar-refractivity contribution in [1.29, 1.82) is 0 Å². The highest BCUT2D eigenvalue weighted by Crippen LogP contribution is 2.17. The van der Waals surface area contributed by atoms with Crippen LogP contribution in [0.3, 0.4) is 0 Å². The fraction of sp³-hybridized carbons (Fsp3) is 0.111. The standard InChI is InChI=1S/C18H17N3O2/c1-13-4-2-3-5-15(13)12-22-16-9-6-14(7-10-16)8-11-17-20-21-18(19)23-17/h2-11H,12H2,1H3,(H2,19,21)/b11-8+. The molecule has 0 aliphatic rings. The molecule has 116 valence electrons. The SMILES string of the molecule is Cc1ccccc1COc1ccc(/C=C/c2nnc(N)o2)cc1. The number of ether oxygens (including phenoxy) is 1. The Morgan fingerprint density at radius 3 is 2.52 bits per heavy atom. The van der Waals surface area contributed by atoms with Crippen LogP contribution >= 0.6 is 0 Å². The van der Waals surface area contributed by atoms with Crippen molar-refractivity contribution >= 4 is 18.2 Å². The van der Waals surface area contributed by atoms with Gasteiger partial charge < -0.3 is 14.9 Å². The first-order valence-corrected chi connectivity index (χ1v) is 7.25. The number of anilines is 1. The lowest BCUT2D eigenvalue weighted by atomic mass is 10.1. The molecule has 2 aromatic carbocycles. The van der Waals surface area contributed by atoms with Crippen LogP contribution in [0, 0.1) is 6.92 Å². The van der Waals surface area contributed by atoms with Crippen LogP contribution in [0.15, 0.2) is 52.9 Å². The van der Waals surface area contributed by atoms with Crippen molar-refractivity contribution in [2.75, 3.05) is 5.73 Å². The van der Waals surface area contributed by atoms with Crippen LogP contribution in [-0.4, -0.2) is 10.2 Å². The molecule has 0 aliphatic heterocycles. The normalized spacial score (nSPS) is 11.0. The van der Waals surface area contributed by atoms with Gasteiger partial charge in [0, 0.05) is 6.08 Å². The summed E-state index contributed by atoms with van der Waals surface area (Å²) in [5.41, 5.74) is 8.79. The quantitative estimate of drug-likeness (QED) is 0.777. The number of nitrogen functional groups attached to an aromatic ring is 1. The molecule has 1 aromatic heterocycles. The van der Waals surface area contributed by atoms with E-state index in [4.69, 9.17) is 14.9 Å². The van der Waals surface area contributed by atoms with Gasteiger partial charge >= 0.3 is 6.01 Å². The second kappa shape index (κ2) is 6.79. The molecule has 23 heavy (non-hydrogen) atoms. The average Bonchev–Trinajstić information content (AvgIpc) is 2.99. The Labute approximate surface area is 134 Å². The Morgan fingerprint density at radius 1 is 1.04 bits per heavy atom. The zero-order valence-corrected chi connectivity index (χ0v) is 12.8. The van der Waals surface area contributed by atoms with Gasteiger partial charge in [-0.15, -0.1) is 5.10 Å². The molecular formula is C18H17N3O2. The lowest BCUT2D eigenvalue weighted by Crippen LogP contribution is -1.97. The minimum Gasteiger partial charge on any atom is -0.489 e. The van der Waals surface area contributed by atoms with Crippen molar-refractivity contribution in [1.82, 2.24) is 10.2 Å². The van der Waals surface area contributed by atoms with Crippen LogP contribution < -0.4 is 10.5 Å². The van der Waals surface area contributed by atoms with Crippen LogP contribution in [0.5, 0.6) is 5.75 Å². The molecule has 0 saturated carbocycles. The number of rotatable bonds is 5. The van der Waals surface area contributed by atoms with Gasteiger partial charge in [0.15, 0.2) is 0 Å². The third kappa shape index (κ3) is 3.97. The van der Waals surface area contributed by atoms with E-state index in [0.717, 1.165) is 11.3 Å². The second-order valence-electron chi connectivity index (χ2n) is 5.10. The first kappa shape index (κ1) is 14.8. The predicted octanol–water partition coefficient (Wildman–Crippen LogP) is 3.71. The summed E-state index contributed by atoms with van der Waals surface area (Å²) in [7, 11) is 0. The molecular weight excluding hydrogens is 290 g/mol. The monoisotopic (exact) mass is 307 g/mol. The minimum atomic E-state index is 0.0598. The van der Waals surface area contributed by atoms with Crippen LogP contribution in [-0.2, 0) is 6.61 Å². The van der Waals surface area contributed by atoms with E-state index in [0.29, 0.717) is 12.5 Å². The molecule has 0 radical (unpaired) electrons. The largest absolute Gasteiger partial charge is 0.489 e. The summed E-state index contributed by atoms with van der Waals surface area (Å²) < 4.78 is 10.9. The highest BCUT2D eigenvalue weighted by atomic mass is 16.5. The van der Waals surface area contributed by atoms with Gasteiger partial charge in [0.05, 0.1) is 0 Å². The van der Waals surface area contributed by atoms with E-state index in [2.05, 4.69) is 29.3 Å². The smallest absolute Gasteiger partial charge is 0.313 e. The molecule has 3 rings (SSSR count). The van der Waals surface area contributed by atoms with Crippen molar-refractivity contribution in [3.05, 3.63) is 71.1 Å². The molecule has 0 fully saturated rings. The average molecular weight is 307 g/mol. The van der Waals surface area contributed by atoms with E-state index in [9.17, 15) is 0 Å². The van der Waals surface area contributed by atoms with E-state index in [1.165, 1.54) is 11.1 Å². The minimum absolute atomic E-state index is 0.0598. The molecule has 0 unspecified atom stereocenters. The summed E-state index contributed by atoms with van der Waals surface area (Å²) in [6, 6.07) is 16.0. The molecule has 0 amide bonds. The fourth-order valence-corrected chi connectivity index (χ4v) is 2.09. The maximum absolute atomic E-state index is 5.81. The Balaban J connectivity index is 1.61. The Morgan fingerprint density at radius 2 is 1.83 bits per heavy atom. The van der Waals surface area contributed by atoms with Crippen molar-refractivity contribution in [3.63, 3.8) is 0 Å². The zero-order valence-electron chi connectivity index (χ0n) is 12.8. The summed E-state index contributed by atoms with van der Waals surface area (Å²) in [6.07, 6.45) is 3.59. The number of hydrogen-bond acceptors (Lipinski definition) is 5. The zero-order chi connectivity index (χ0) is 16.1. The first-order valence-electron chi connectivity index (χ1n) is 7.25. The fourth-order valence-electron chi connectivity index (χ4n) is 2.09. The molecule has 0 spiro atoms. The Kier molecular flexibility index (Phi) is 4.38. The molecule has 5 nitrogen and oxygen atoms in total. The van der Waals surface area contributed by atoms with Crippen molar-refractivity contribution in [2.24, 2.45) is 0 Å². The summed E-state index contributed by atoms with van der Waals surface area (Å²) in [4.78, 5) is 0. The number of nitrogens with zero attached hydrogens (tertiary/aromatic N) is 2. The lowest BCUT2D eigenvalue weighted by molar-refractivity contribution is 0.305. The number of nitrogens with two attached hydrogens (primary N) is 1. The van der Waals surface area contributed by atoms with Gasteiger partial charge in [-0.2, -0.15) is 0 Å². The van der Waals surface area contributed by atoms with E-state index < -0.39 is 0 Å². The predicted molar refractivity (Wildman–Crippen MR) is 89.6 cm³/mol. The van der Waals surface area contributed by atoms with Gasteiger partial charge in [-0.05, 0) is 41.8 Å².